The van der Waals surface area contributed by atoms with Crippen LogP contribution in [0.25, 0.3) is 5.57 Å². The maximum absolute atomic E-state index is 8.81. The third-order valence-electron chi connectivity index (χ3n) is 5.15. The Morgan fingerprint density at radius 2 is 1.59 bits per heavy atom. The van der Waals surface area contributed by atoms with E-state index in [-0.39, 0.29) is 0 Å². The summed E-state index contributed by atoms with van der Waals surface area (Å²) in [5, 5.41) is 18.6. The minimum atomic E-state index is -0.500. The van der Waals surface area contributed by atoms with Crippen molar-refractivity contribution >= 4 is 5.57 Å². The molecule has 0 fully saturated rings. The number of allylic oxidation sites excluding steroid dienone is 4. The maximum atomic E-state index is 8.81. The van der Waals surface area contributed by atoms with Crippen LogP contribution in [-0.4, -0.2) is 35.3 Å². The van der Waals surface area contributed by atoms with E-state index in [0.29, 0.717) is 0 Å². The van der Waals surface area contributed by atoms with Crippen molar-refractivity contribution < 1.29 is 10.1 Å². The van der Waals surface area contributed by atoms with E-state index in [1.807, 2.05) is 39.0 Å². The third kappa shape index (κ3) is 27.8. The van der Waals surface area contributed by atoms with Crippen molar-refractivity contribution in [3.63, 3.8) is 0 Å². The van der Waals surface area contributed by atoms with E-state index in [1.54, 1.807) is 5.57 Å². The summed E-state index contributed by atoms with van der Waals surface area (Å²) in [4.78, 5) is 8.31. The molecule has 2 rings (SSSR count). The van der Waals surface area contributed by atoms with Gasteiger partial charge in [0, 0.05) is 18.0 Å². The van der Waals surface area contributed by atoms with Gasteiger partial charge >= 0.3 is 0 Å². The normalized spacial score (nSPS) is 13.9. The fourth-order valence-electron chi connectivity index (χ4n) is 2.36. The van der Waals surface area contributed by atoms with Crippen LogP contribution < -0.4 is 0 Å². The van der Waals surface area contributed by atoms with Crippen molar-refractivity contribution in [3.05, 3.63) is 76.4 Å². The smallest absolute Gasteiger partial charge is 0.194 e. The number of nitrogens with zero attached hydrogens (tertiary/aromatic N) is 2. The quantitative estimate of drug-likeness (QED) is 0.262. The number of hydrogen-bond acceptors (Lipinski definition) is 4. The molecule has 0 amide bonds. The molecule has 1 aromatic rings. The molecule has 0 aromatic heterocycles. The predicted octanol–water partition coefficient (Wildman–Crippen LogP) is 8.69. The molecule has 0 spiro atoms. The number of benzene rings is 1. The lowest BCUT2D eigenvalue weighted by atomic mass is 9.86. The van der Waals surface area contributed by atoms with Crippen LogP contribution in [0.4, 0.5) is 0 Å². The van der Waals surface area contributed by atoms with Gasteiger partial charge in [-0.3, -0.25) is 10.1 Å². The number of hydrogen-bond donors (Lipinski definition) is 1. The second-order valence-electron chi connectivity index (χ2n) is 8.90. The Balaban J connectivity index is -0.000000370. The molecule has 0 heterocycles. The van der Waals surface area contributed by atoms with Gasteiger partial charge < -0.3 is 5.21 Å². The molecule has 5 heteroatoms. The highest BCUT2D eigenvalue weighted by molar-refractivity contribution is 5.60. The lowest BCUT2D eigenvalue weighted by Gasteiger charge is -2.19. The first kappa shape index (κ1) is 36.3. The highest BCUT2D eigenvalue weighted by Gasteiger charge is 2.11. The number of nitro groups is 1. The zero-order chi connectivity index (χ0) is 27.1. The Kier molecular flexibility index (Phi) is 25.5. The van der Waals surface area contributed by atoms with Gasteiger partial charge in [-0.2, -0.15) is 5.06 Å². The summed E-state index contributed by atoms with van der Waals surface area (Å²) >= 11 is 0. The van der Waals surface area contributed by atoms with E-state index in [9.17, 15) is 0 Å². The summed E-state index contributed by atoms with van der Waals surface area (Å²) in [5.74, 6) is 1.65. The molecule has 1 aromatic carbocycles. The van der Waals surface area contributed by atoms with E-state index < -0.39 is 4.92 Å². The van der Waals surface area contributed by atoms with E-state index in [4.69, 9.17) is 15.3 Å². The molecule has 0 bridgehead atoms. The zero-order valence-corrected chi connectivity index (χ0v) is 23.4. The number of rotatable bonds is 5. The molecule has 0 saturated heterocycles. The Morgan fingerprint density at radius 3 is 1.79 bits per heavy atom. The summed E-state index contributed by atoms with van der Waals surface area (Å²) in [6.45, 7) is 26.1. The lowest BCUT2D eigenvalue weighted by Crippen LogP contribution is -2.16. The fourth-order valence-corrected chi connectivity index (χ4v) is 2.36. The molecule has 1 atom stereocenters. The van der Waals surface area contributed by atoms with Crippen LogP contribution >= 0.6 is 0 Å². The zero-order valence-electron chi connectivity index (χ0n) is 23.4. The molecular weight excluding hydrogens is 424 g/mol. The van der Waals surface area contributed by atoms with Crippen molar-refractivity contribution in [3.8, 4) is 0 Å². The predicted molar refractivity (Wildman–Crippen MR) is 150 cm³/mol. The van der Waals surface area contributed by atoms with Gasteiger partial charge in [0.15, 0.2) is 7.05 Å². The van der Waals surface area contributed by atoms with Crippen molar-refractivity contribution in [2.75, 3.05) is 20.1 Å². The van der Waals surface area contributed by atoms with Crippen molar-refractivity contribution in [2.45, 2.75) is 81.1 Å². The SMILES string of the molecule is C=C(C)[C@H]1CC=C(C)CC1.C=C(C)c1ccccc1.CCC(C)C.CCN(O)CC.C[N+](=O)[O-]. The lowest BCUT2D eigenvalue weighted by molar-refractivity contribution is -0.445. The molecule has 0 saturated carbocycles. The first-order valence-corrected chi connectivity index (χ1v) is 12.4. The Labute approximate surface area is 210 Å². The van der Waals surface area contributed by atoms with Crippen molar-refractivity contribution in [1.29, 1.82) is 0 Å². The first-order valence-electron chi connectivity index (χ1n) is 12.4. The number of hydroxylamine groups is 2. The van der Waals surface area contributed by atoms with Gasteiger partial charge in [-0.05, 0) is 57.4 Å². The summed E-state index contributed by atoms with van der Waals surface area (Å²) in [6.07, 6.45) is 7.47. The van der Waals surface area contributed by atoms with Gasteiger partial charge in [0.2, 0.25) is 0 Å². The van der Waals surface area contributed by atoms with Crippen LogP contribution in [0.1, 0.15) is 86.6 Å². The molecule has 0 radical (unpaired) electrons. The highest BCUT2D eigenvalue weighted by atomic mass is 16.6. The molecular formula is C29H52N2O3. The van der Waals surface area contributed by atoms with Crippen LogP contribution in [0.2, 0.25) is 0 Å². The molecule has 1 N–H and O–H groups in total. The standard InChI is InChI=1S/C10H16.C9H10.C5H12.C4H11NO.CH3NO2/c1-8(2)10-6-4-9(3)5-7-10;1-8(2)9-6-4-3-5-7-9;1-4-5(2)3;1-3-5(6)4-2;1-2(3)4/h4,10H,1,5-7H2,2-3H3;3-7H,1H2,2H3;5H,4H2,1-3H3;6H,3-4H2,1-2H3;1H3/t10-;;;;/m0..../s1. The van der Waals surface area contributed by atoms with Crippen molar-refractivity contribution in [1.82, 2.24) is 5.06 Å². The molecule has 34 heavy (non-hydrogen) atoms. The van der Waals surface area contributed by atoms with Crippen LogP contribution in [0.5, 0.6) is 0 Å². The minimum Gasteiger partial charge on any atom is -0.314 e. The van der Waals surface area contributed by atoms with Crippen LogP contribution in [-0.2, 0) is 0 Å². The Bertz CT molecular complexity index is 674. The molecule has 0 aliphatic heterocycles. The van der Waals surface area contributed by atoms with Gasteiger partial charge in [-0.1, -0.05) is 107 Å². The van der Waals surface area contributed by atoms with E-state index in [0.717, 1.165) is 37.5 Å². The minimum absolute atomic E-state index is 0.500. The van der Waals surface area contributed by atoms with Gasteiger partial charge in [0.05, 0.1) is 0 Å². The summed E-state index contributed by atoms with van der Waals surface area (Å²) in [5.41, 5.74) is 5.24. The first-order chi connectivity index (χ1) is 15.8. The largest absolute Gasteiger partial charge is 0.314 e. The molecule has 0 unspecified atom stereocenters. The maximum Gasteiger partial charge on any atom is 0.194 e. The molecule has 5 nitrogen and oxygen atoms in total. The third-order valence-corrected chi connectivity index (χ3v) is 5.15. The Morgan fingerprint density at radius 1 is 1.15 bits per heavy atom. The molecule has 1 aliphatic carbocycles. The van der Waals surface area contributed by atoms with Crippen molar-refractivity contribution in [2.24, 2.45) is 11.8 Å². The van der Waals surface area contributed by atoms with E-state index >= 15 is 0 Å². The monoisotopic (exact) mass is 476 g/mol. The Hall–Kier alpha value is -2.24. The van der Waals surface area contributed by atoms with E-state index in [2.05, 4.69) is 66.0 Å². The van der Waals surface area contributed by atoms with Gasteiger partial charge in [-0.25, -0.2) is 0 Å². The van der Waals surface area contributed by atoms with Gasteiger partial charge in [0.25, 0.3) is 0 Å². The van der Waals surface area contributed by atoms with Crippen LogP contribution in [0.15, 0.2) is 60.7 Å². The summed E-state index contributed by atoms with van der Waals surface area (Å²) in [6, 6.07) is 10.2. The average Bonchev–Trinajstić information content (AvgIpc) is 2.80. The van der Waals surface area contributed by atoms with Gasteiger partial charge in [0.1, 0.15) is 0 Å². The summed E-state index contributed by atoms with van der Waals surface area (Å²) < 4.78 is 0. The van der Waals surface area contributed by atoms with E-state index in [1.165, 1.54) is 41.9 Å². The van der Waals surface area contributed by atoms with Crippen LogP contribution in [0.3, 0.4) is 0 Å². The van der Waals surface area contributed by atoms with Gasteiger partial charge in [-0.15, -0.1) is 0 Å². The van der Waals surface area contributed by atoms with Crippen LogP contribution in [0, 0.1) is 22.0 Å². The second kappa shape index (κ2) is 23.9. The average molecular weight is 477 g/mol. The molecule has 1 aliphatic rings. The second-order valence-corrected chi connectivity index (χ2v) is 8.90. The summed E-state index contributed by atoms with van der Waals surface area (Å²) in [7, 11) is 0.889. The fraction of sp³-hybridized carbons (Fsp3) is 0.586. The molecule has 196 valence electrons. The highest BCUT2D eigenvalue weighted by Crippen LogP contribution is 2.27. The topological polar surface area (TPSA) is 66.6 Å².